The van der Waals surface area contributed by atoms with Gasteiger partial charge in [0.05, 0.1) is 12.7 Å². The molecule has 1 atom stereocenters. The second-order valence-corrected chi connectivity index (χ2v) is 4.58. The fourth-order valence-electron chi connectivity index (χ4n) is 2.13. The van der Waals surface area contributed by atoms with Crippen molar-refractivity contribution in [3.8, 4) is 0 Å². The molecule has 0 aromatic heterocycles. The fraction of sp³-hybridized carbons (Fsp3) is 0.571. The maximum Gasteiger partial charge on any atom is 0.0681 e. The van der Waals surface area contributed by atoms with E-state index in [0.717, 1.165) is 31.7 Å². The molecule has 0 bridgehead atoms. The summed E-state index contributed by atoms with van der Waals surface area (Å²) in [6.07, 6.45) is 4.01. The lowest BCUT2D eigenvalue weighted by Gasteiger charge is -2.10. The lowest BCUT2D eigenvalue weighted by atomic mass is 10.1. The van der Waals surface area contributed by atoms with E-state index >= 15 is 0 Å². The third-order valence-electron chi connectivity index (χ3n) is 3.20. The Morgan fingerprint density at radius 1 is 1.24 bits per heavy atom. The van der Waals surface area contributed by atoms with Gasteiger partial charge >= 0.3 is 0 Å². The van der Waals surface area contributed by atoms with E-state index in [1.54, 1.807) is 0 Å². The molecule has 17 heavy (non-hydrogen) atoms. The molecule has 3 nitrogen and oxygen atoms in total. The molecule has 0 radical (unpaired) electrons. The monoisotopic (exact) mass is 235 g/mol. The largest absolute Gasteiger partial charge is 0.392 e. The molecule has 1 aliphatic heterocycles. The van der Waals surface area contributed by atoms with Crippen LogP contribution in [0.5, 0.6) is 0 Å². The summed E-state index contributed by atoms with van der Waals surface area (Å²) in [5, 5.41) is 12.4. The summed E-state index contributed by atoms with van der Waals surface area (Å²) in [4.78, 5) is 0. The molecule has 2 rings (SSSR count). The molecule has 1 unspecified atom stereocenters. The molecule has 3 heteroatoms. The van der Waals surface area contributed by atoms with Gasteiger partial charge in [0.1, 0.15) is 0 Å². The highest BCUT2D eigenvalue weighted by molar-refractivity contribution is 5.21. The SMILES string of the molecule is OCc1ccc(CNCCC2CCCO2)cc1. The second kappa shape index (κ2) is 6.74. The van der Waals surface area contributed by atoms with Crippen molar-refractivity contribution in [3.63, 3.8) is 0 Å². The number of benzene rings is 1. The lowest BCUT2D eigenvalue weighted by molar-refractivity contribution is 0.104. The number of hydrogen-bond donors (Lipinski definition) is 2. The maximum atomic E-state index is 8.93. The summed E-state index contributed by atoms with van der Waals surface area (Å²) in [6, 6.07) is 8.06. The van der Waals surface area contributed by atoms with Crippen molar-refractivity contribution in [1.29, 1.82) is 0 Å². The average Bonchev–Trinajstić information content (AvgIpc) is 2.88. The summed E-state index contributed by atoms with van der Waals surface area (Å²) in [5.74, 6) is 0. The highest BCUT2D eigenvalue weighted by Crippen LogP contribution is 2.14. The first-order chi connectivity index (χ1) is 8.38. The molecule has 1 aromatic carbocycles. The van der Waals surface area contributed by atoms with Crippen LogP contribution in [0.15, 0.2) is 24.3 Å². The van der Waals surface area contributed by atoms with E-state index in [1.165, 1.54) is 18.4 Å². The quantitative estimate of drug-likeness (QED) is 0.739. The highest BCUT2D eigenvalue weighted by atomic mass is 16.5. The van der Waals surface area contributed by atoms with E-state index in [-0.39, 0.29) is 6.61 Å². The van der Waals surface area contributed by atoms with E-state index in [9.17, 15) is 0 Å². The zero-order chi connectivity index (χ0) is 11.9. The first-order valence-corrected chi connectivity index (χ1v) is 6.39. The molecular weight excluding hydrogens is 214 g/mol. The molecular formula is C14H21NO2. The topological polar surface area (TPSA) is 41.5 Å². The third kappa shape index (κ3) is 4.11. The van der Waals surface area contributed by atoms with Crippen molar-refractivity contribution < 1.29 is 9.84 Å². The zero-order valence-corrected chi connectivity index (χ0v) is 10.2. The van der Waals surface area contributed by atoms with Crippen molar-refractivity contribution in [1.82, 2.24) is 5.32 Å². The van der Waals surface area contributed by atoms with Crippen LogP contribution in [-0.4, -0.2) is 24.4 Å². The summed E-state index contributed by atoms with van der Waals surface area (Å²) in [7, 11) is 0. The van der Waals surface area contributed by atoms with E-state index in [4.69, 9.17) is 9.84 Å². The summed E-state index contributed by atoms with van der Waals surface area (Å²) in [5.41, 5.74) is 2.22. The fourth-order valence-corrected chi connectivity index (χ4v) is 2.13. The van der Waals surface area contributed by atoms with Gasteiger partial charge in [-0.15, -0.1) is 0 Å². The Bertz CT molecular complexity index is 317. The van der Waals surface area contributed by atoms with Gasteiger partial charge < -0.3 is 15.2 Å². The van der Waals surface area contributed by atoms with Crippen molar-refractivity contribution >= 4 is 0 Å². The molecule has 0 spiro atoms. The van der Waals surface area contributed by atoms with Gasteiger partial charge in [-0.3, -0.25) is 0 Å². The van der Waals surface area contributed by atoms with Crippen LogP contribution in [-0.2, 0) is 17.9 Å². The minimum absolute atomic E-state index is 0.118. The normalized spacial score (nSPS) is 19.7. The Labute approximate surface area is 103 Å². The van der Waals surface area contributed by atoms with E-state index in [1.807, 2.05) is 12.1 Å². The van der Waals surface area contributed by atoms with Crippen LogP contribution in [0.2, 0.25) is 0 Å². The Hall–Kier alpha value is -0.900. The van der Waals surface area contributed by atoms with Gasteiger partial charge in [0.15, 0.2) is 0 Å². The zero-order valence-electron chi connectivity index (χ0n) is 10.2. The van der Waals surface area contributed by atoms with Crippen molar-refractivity contribution in [2.45, 2.75) is 38.5 Å². The smallest absolute Gasteiger partial charge is 0.0681 e. The Morgan fingerprint density at radius 2 is 2.00 bits per heavy atom. The molecule has 1 saturated heterocycles. The molecule has 0 saturated carbocycles. The number of hydrogen-bond acceptors (Lipinski definition) is 3. The molecule has 2 N–H and O–H groups in total. The average molecular weight is 235 g/mol. The standard InChI is InChI=1S/C14H21NO2/c16-11-13-5-3-12(4-6-13)10-15-8-7-14-2-1-9-17-14/h3-6,14-16H,1-2,7-11H2. The predicted molar refractivity (Wildman–Crippen MR) is 67.7 cm³/mol. The summed E-state index contributed by atoms with van der Waals surface area (Å²) >= 11 is 0. The molecule has 94 valence electrons. The number of aliphatic hydroxyl groups excluding tert-OH is 1. The highest BCUT2D eigenvalue weighted by Gasteiger charge is 2.14. The maximum absolute atomic E-state index is 8.93. The number of rotatable bonds is 6. The van der Waals surface area contributed by atoms with Crippen molar-refractivity contribution in [2.24, 2.45) is 0 Å². The Morgan fingerprint density at radius 3 is 2.65 bits per heavy atom. The van der Waals surface area contributed by atoms with Crippen LogP contribution in [0.1, 0.15) is 30.4 Å². The van der Waals surface area contributed by atoms with Crippen molar-refractivity contribution in [3.05, 3.63) is 35.4 Å². The molecule has 1 heterocycles. The van der Waals surface area contributed by atoms with Gasteiger partial charge in [0.2, 0.25) is 0 Å². The molecule has 1 aromatic rings. The van der Waals surface area contributed by atoms with Gasteiger partial charge in [0.25, 0.3) is 0 Å². The third-order valence-corrected chi connectivity index (χ3v) is 3.20. The van der Waals surface area contributed by atoms with Crippen LogP contribution in [0.25, 0.3) is 0 Å². The van der Waals surface area contributed by atoms with Crippen molar-refractivity contribution in [2.75, 3.05) is 13.2 Å². The molecule has 0 amide bonds. The number of ether oxygens (including phenoxy) is 1. The van der Waals surface area contributed by atoms with Crippen LogP contribution in [0.3, 0.4) is 0 Å². The van der Waals surface area contributed by atoms with E-state index in [2.05, 4.69) is 17.4 Å². The van der Waals surface area contributed by atoms with Gasteiger partial charge in [-0.25, -0.2) is 0 Å². The molecule has 1 aliphatic rings. The van der Waals surface area contributed by atoms with Crippen LogP contribution >= 0.6 is 0 Å². The van der Waals surface area contributed by atoms with Crippen LogP contribution < -0.4 is 5.32 Å². The van der Waals surface area contributed by atoms with Gasteiger partial charge in [-0.05, 0) is 36.9 Å². The molecule has 1 fully saturated rings. The first-order valence-electron chi connectivity index (χ1n) is 6.39. The first kappa shape index (κ1) is 12.6. The van der Waals surface area contributed by atoms with Gasteiger partial charge in [-0.2, -0.15) is 0 Å². The Kier molecular flexibility index (Phi) is 4.98. The number of aliphatic hydroxyl groups is 1. The van der Waals surface area contributed by atoms with E-state index < -0.39 is 0 Å². The van der Waals surface area contributed by atoms with Gasteiger partial charge in [0, 0.05) is 13.2 Å². The minimum atomic E-state index is 0.118. The summed E-state index contributed by atoms with van der Waals surface area (Å²) < 4.78 is 5.57. The lowest BCUT2D eigenvalue weighted by Crippen LogP contribution is -2.19. The molecule has 0 aliphatic carbocycles. The predicted octanol–water partition coefficient (Wildman–Crippen LogP) is 1.84. The number of nitrogens with one attached hydrogen (secondary N) is 1. The van der Waals surface area contributed by atoms with Crippen LogP contribution in [0, 0.1) is 0 Å². The van der Waals surface area contributed by atoms with Crippen LogP contribution in [0.4, 0.5) is 0 Å². The minimum Gasteiger partial charge on any atom is -0.392 e. The Balaban J connectivity index is 1.63. The van der Waals surface area contributed by atoms with Gasteiger partial charge in [-0.1, -0.05) is 24.3 Å². The summed E-state index contributed by atoms with van der Waals surface area (Å²) in [6.45, 7) is 2.95. The van der Waals surface area contributed by atoms with E-state index in [0.29, 0.717) is 6.10 Å². The second-order valence-electron chi connectivity index (χ2n) is 4.58.